The van der Waals surface area contributed by atoms with Crippen LogP contribution in [-0.4, -0.2) is 49.9 Å². The van der Waals surface area contributed by atoms with Gasteiger partial charge in [-0.3, -0.25) is 4.98 Å². The van der Waals surface area contributed by atoms with Crippen molar-refractivity contribution in [3.8, 4) is 0 Å². The maximum absolute atomic E-state index is 6.11. The third kappa shape index (κ3) is 3.70. The third-order valence-electron chi connectivity index (χ3n) is 6.41. The van der Waals surface area contributed by atoms with Gasteiger partial charge in [0.1, 0.15) is 5.82 Å². The van der Waals surface area contributed by atoms with Crippen LogP contribution in [0, 0.1) is 0 Å². The molecule has 1 atom stereocenters. The molecule has 1 unspecified atom stereocenters. The van der Waals surface area contributed by atoms with Gasteiger partial charge in [0, 0.05) is 32.6 Å². The summed E-state index contributed by atoms with van der Waals surface area (Å²) in [6.07, 6.45) is 10.3. The third-order valence-corrected chi connectivity index (χ3v) is 7.03. The molecule has 0 aromatic carbocycles. The molecule has 10 heteroatoms. The molecule has 4 aromatic rings. The van der Waals surface area contributed by atoms with Gasteiger partial charge in [0.25, 0.3) is 0 Å². The maximum Gasteiger partial charge on any atom is 0.183 e. The van der Waals surface area contributed by atoms with Crippen molar-refractivity contribution in [3.05, 3.63) is 53.0 Å². The van der Waals surface area contributed by atoms with Crippen molar-refractivity contribution in [2.45, 2.75) is 38.3 Å². The molecule has 6 heterocycles. The van der Waals surface area contributed by atoms with E-state index in [0.29, 0.717) is 11.5 Å². The number of hydrogen-bond acceptors (Lipinski definition) is 8. The Morgan fingerprint density at radius 3 is 2.82 bits per heavy atom. The van der Waals surface area contributed by atoms with Gasteiger partial charge in [0.2, 0.25) is 0 Å². The van der Waals surface area contributed by atoms with Crippen LogP contribution in [0.5, 0.6) is 0 Å². The van der Waals surface area contributed by atoms with Crippen LogP contribution in [0.2, 0.25) is 0 Å². The number of pyridine rings is 2. The lowest BCUT2D eigenvalue weighted by Crippen LogP contribution is -2.26. The van der Waals surface area contributed by atoms with Crippen LogP contribution in [0.3, 0.4) is 0 Å². The van der Waals surface area contributed by atoms with E-state index in [1.54, 1.807) is 12.4 Å². The van der Waals surface area contributed by atoms with Crippen LogP contribution in [-0.2, 0) is 11.2 Å². The molecule has 2 aliphatic heterocycles. The molecular weight excluding hydrogens is 496 g/mol. The second kappa shape index (κ2) is 8.92. The predicted molar refractivity (Wildman–Crippen MR) is 134 cm³/mol. The van der Waals surface area contributed by atoms with Crippen molar-refractivity contribution in [1.29, 1.82) is 0 Å². The fourth-order valence-electron chi connectivity index (χ4n) is 4.69. The first kappa shape index (κ1) is 21.4. The molecule has 0 spiro atoms. The van der Waals surface area contributed by atoms with Gasteiger partial charge < -0.3 is 14.5 Å². The van der Waals surface area contributed by atoms with Gasteiger partial charge in [-0.15, -0.1) is 5.10 Å². The average molecular weight is 521 g/mol. The molecule has 174 valence electrons. The van der Waals surface area contributed by atoms with E-state index in [2.05, 4.69) is 36.9 Å². The number of aromatic nitrogens is 6. The summed E-state index contributed by atoms with van der Waals surface area (Å²) in [4.78, 5) is 23.1. The highest BCUT2D eigenvalue weighted by Gasteiger charge is 2.29. The first-order valence-corrected chi connectivity index (χ1v) is 12.4. The fourth-order valence-corrected chi connectivity index (χ4v) is 5.21. The van der Waals surface area contributed by atoms with Crippen LogP contribution in [0.15, 0.2) is 47.3 Å². The van der Waals surface area contributed by atoms with Gasteiger partial charge >= 0.3 is 0 Å². The van der Waals surface area contributed by atoms with E-state index < -0.39 is 0 Å². The number of hydrogen-bond donors (Lipinski definition) is 0. The van der Waals surface area contributed by atoms with Crippen molar-refractivity contribution in [2.75, 3.05) is 30.0 Å². The number of rotatable bonds is 4. The zero-order valence-corrected chi connectivity index (χ0v) is 20.5. The Morgan fingerprint density at radius 2 is 1.97 bits per heavy atom. The monoisotopic (exact) mass is 520 g/mol. The van der Waals surface area contributed by atoms with Crippen molar-refractivity contribution < 1.29 is 4.74 Å². The lowest BCUT2D eigenvalue weighted by molar-refractivity contribution is -0.0368. The molecule has 9 nitrogen and oxygen atoms in total. The summed E-state index contributed by atoms with van der Waals surface area (Å²) in [5, 5.41) is 5.05. The van der Waals surface area contributed by atoms with Crippen molar-refractivity contribution in [3.63, 3.8) is 0 Å². The van der Waals surface area contributed by atoms with Gasteiger partial charge in [0.15, 0.2) is 29.0 Å². The average Bonchev–Trinajstić information content (AvgIpc) is 3.27. The Hall–Kier alpha value is -3.11. The summed E-state index contributed by atoms with van der Waals surface area (Å²) < 4.78 is 8.93. The van der Waals surface area contributed by atoms with Crippen molar-refractivity contribution in [2.24, 2.45) is 0 Å². The second-order valence-corrected chi connectivity index (χ2v) is 9.44. The zero-order chi connectivity index (χ0) is 23.1. The Morgan fingerprint density at radius 1 is 1.09 bits per heavy atom. The summed E-state index contributed by atoms with van der Waals surface area (Å²) in [6.45, 7) is 1.59. The minimum Gasteiger partial charge on any atom is -0.356 e. The lowest BCUT2D eigenvalue weighted by atomic mass is 10.1. The highest BCUT2D eigenvalue weighted by Crippen LogP contribution is 2.37. The van der Waals surface area contributed by atoms with Crippen LogP contribution >= 0.6 is 15.9 Å². The molecular formula is C24H25BrN8O. The van der Waals surface area contributed by atoms with E-state index in [9.17, 15) is 0 Å². The Kier molecular flexibility index (Phi) is 5.62. The first-order chi connectivity index (χ1) is 16.7. The molecule has 0 saturated carbocycles. The molecule has 2 aliphatic rings. The molecule has 1 saturated heterocycles. The lowest BCUT2D eigenvalue weighted by Gasteiger charge is -2.28. The van der Waals surface area contributed by atoms with Crippen LogP contribution < -0.4 is 9.80 Å². The number of fused-ring (bicyclic) bond motifs is 2. The predicted octanol–water partition coefficient (Wildman–Crippen LogP) is 4.93. The molecule has 4 aromatic heterocycles. The number of nitrogens with zero attached hydrogens (tertiary/aromatic N) is 8. The van der Waals surface area contributed by atoms with Crippen LogP contribution in [0.1, 0.15) is 37.6 Å². The van der Waals surface area contributed by atoms with Gasteiger partial charge in [-0.25, -0.2) is 19.6 Å². The second-order valence-electron chi connectivity index (χ2n) is 8.58. The van der Waals surface area contributed by atoms with Crippen molar-refractivity contribution in [1.82, 2.24) is 29.7 Å². The van der Waals surface area contributed by atoms with E-state index in [1.165, 1.54) is 0 Å². The Bertz CT molecular complexity index is 1340. The van der Waals surface area contributed by atoms with Gasteiger partial charge in [-0.2, -0.15) is 0 Å². The SMILES string of the molecule is CN(c1cnc2c(N3CCCc4ncccc43)nn(C3CCCCO3)c2n1)c1ncccc1Br. The van der Waals surface area contributed by atoms with Crippen LogP contribution in [0.4, 0.5) is 23.1 Å². The number of anilines is 4. The fraction of sp³-hybridized carbons (Fsp3) is 0.375. The summed E-state index contributed by atoms with van der Waals surface area (Å²) in [7, 11) is 1.94. The largest absolute Gasteiger partial charge is 0.356 e. The zero-order valence-electron chi connectivity index (χ0n) is 18.9. The van der Waals surface area contributed by atoms with E-state index in [0.717, 1.165) is 78.3 Å². The summed E-state index contributed by atoms with van der Waals surface area (Å²) in [6, 6.07) is 7.94. The molecule has 0 N–H and O–H groups in total. The molecule has 0 aliphatic carbocycles. The number of halogens is 1. The Labute approximate surface area is 205 Å². The van der Waals surface area contributed by atoms with E-state index in [-0.39, 0.29) is 6.23 Å². The van der Waals surface area contributed by atoms with E-state index in [4.69, 9.17) is 19.8 Å². The number of ether oxygens (including phenoxy) is 1. The molecule has 34 heavy (non-hydrogen) atoms. The highest BCUT2D eigenvalue weighted by molar-refractivity contribution is 9.10. The quantitative estimate of drug-likeness (QED) is 0.374. The normalized spacial score (nSPS) is 18.2. The Balaban J connectivity index is 1.49. The van der Waals surface area contributed by atoms with E-state index in [1.807, 2.05) is 41.0 Å². The van der Waals surface area contributed by atoms with Gasteiger partial charge in [-0.1, -0.05) is 0 Å². The molecule has 0 bridgehead atoms. The van der Waals surface area contributed by atoms with Crippen molar-refractivity contribution >= 4 is 50.2 Å². The highest BCUT2D eigenvalue weighted by atomic mass is 79.9. The maximum atomic E-state index is 6.11. The molecule has 0 radical (unpaired) electrons. The van der Waals surface area contributed by atoms with Crippen LogP contribution in [0.25, 0.3) is 11.2 Å². The summed E-state index contributed by atoms with van der Waals surface area (Å²) in [5.74, 6) is 2.27. The summed E-state index contributed by atoms with van der Waals surface area (Å²) in [5.41, 5.74) is 3.66. The first-order valence-electron chi connectivity index (χ1n) is 11.6. The van der Waals surface area contributed by atoms with E-state index >= 15 is 0 Å². The topological polar surface area (TPSA) is 85.1 Å². The molecule has 1 fully saturated rings. The molecule has 0 amide bonds. The summed E-state index contributed by atoms with van der Waals surface area (Å²) >= 11 is 3.59. The van der Waals surface area contributed by atoms with Gasteiger partial charge in [0.05, 0.1) is 22.1 Å². The minimum atomic E-state index is -0.153. The smallest absolute Gasteiger partial charge is 0.183 e. The standard InChI is InChI=1S/C24H25BrN8O/c1-31(22-16(25)7-4-12-27-22)19-15-28-21-23(29-19)33(20-10-2-3-14-34-20)30-24(21)32-13-6-8-17-18(32)9-5-11-26-17/h4-5,7,9,11-12,15,20H,2-3,6,8,10,13-14H2,1H3. The number of aryl methyl sites for hydroxylation is 1. The minimum absolute atomic E-state index is 0.153. The van der Waals surface area contributed by atoms with Gasteiger partial charge in [-0.05, 0) is 72.3 Å². The molecule has 6 rings (SSSR count).